The van der Waals surface area contributed by atoms with E-state index in [4.69, 9.17) is 20.2 Å². The number of carbonyl (C=O) groups excluding carboxylic acids is 3. The van der Waals surface area contributed by atoms with E-state index in [1.807, 2.05) is 54.6 Å². The van der Waals surface area contributed by atoms with Gasteiger partial charge in [-0.15, -0.1) is 24.8 Å². The summed E-state index contributed by atoms with van der Waals surface area (Å²) in [6, 6.07) is 15.4. The molecule has 5 atom stereocenters. The number of methoxy groups -OCH3 is 1. The summed E-state index contributed by atoms with van der Waals surface area (Å²) in [5, 5.41) is 3.11. The van der Waals surface area contributed by atoms with Crippen molar-refractivity contribution in [2.75, 3.05) is 13.7 Å². The molecule has 4 fully saturated rings. The maximum atomic E-state index is 14.1. The maximum absolute atomic E-state index is 14.1. The largest absolute Gasteiger partial charge is 0.497 e. The Labute approximate surface area is 310 Å². The highest BCUT2D eigenvalue weighted by Gasteiger charge is 2.62. The Kier molecular flexibility index (Phi) is 11.7. The number of nitrogens with two attached hydrogens (primary N) is 1. The first-order chi connectivity index (χ1) is 23.6. The standard InChI is InChI=1S/C36H43N5O7S.2ClH/c1-47-24-13-16-27-30(17-24)38-29(22-9-5-4-6-10-22)19-32(27)48-25-18-31-33(42)39-36(35(44)40-49(45,46)26-14-15-26)20-23(36)11-7-2-3-8-12-28(37)34(43)41(31)21-25;;/h4-6,9-10,13,16-17,19,23,25-26,28,31H,2-3,7-8,11-12,14-15,18,20-21,37H2,1H3,(H,39,42)(H,40,44);2*1H/t23?,25-,28+,31+,36-;;/m1../s1. The Bertz CT molecular complexity index is 1880. The van der Waals surface area contributed by atoms with Crippen molar-refractivity contribution < 1.29 is 32.3 Å². The van der Waals surface area contributed by atoms with Gasteiger partial charge in [0, 0.05) is 29.5 Å². The van der Waals surface area contributed by atoms with Gasteiger partial charge in [0.25, 0.3) is 5.91 Å². The zero-order chi connectivity index (χ0) is 34.3. The van der Waals surface area contributed by atoms with Gasteiger partial charge in [0.15, 0.2) is 0 Å². The lowest BCUT2D eigenvalue weighted by Crippen LogP contribution is -2.57. The van der Waals surface area contributed by atoms with Crippen molar-refractivity contribution in [1.82, 2.24) is 19.9 Å². The molecule has 7 rings (SSSR count). The molecule has 12 nitrogen and oxygen atoms in total. The van der Waals surface area contributed by atoms with E-state index in [9.17, 15) is 22.8 Å². The van der Waals surface area contributed by atoms with Crippen molar-refractivity contribution in [3.63, 3.8) is 0 Å². The van der Waals surface area contributed by atoms with Gasteiger partial charge in [-0.1, -0.05) is 56.0 Å². The van der Waals surface area contributed by atoms with Crippen LogP contribution in [0.5, 0.6) is 11.5 Å². The van der Waals surface area contributed by atoms with Gasteiger partial charge in [-0.05, 0) is 50.2 Å². The van der Waals surface area contributed by atoms with E-state index < -0.39 is 50.8 Å². The van der Waals surface area contributed by atoms with Crippen LogP contribution in [0.15, 0.2) is 54.6 Å². The van der Waals surface area contributed by atoms with Gasteiger partial charge in [0.05, 0.1) is 36.2 Å². The van der Waals surface area contributed by atoms with Gasteiger partial charge in [0.1, 0.15) is 29.2 Å². The molecule has 276 valence electrons. The maximum Gasteiger partial charge on any atom is 0.259 e. The first kappa shape index (κ1) is 38.6. The topological polar surface area (TPSA) is 170 Å². The van der Waals surface area contributed by atoms with E-state index in [1.54, 1.807) is 7.11 Å². The van der Waals surface area contributed by atoms with Crippen LogP contribution in [0.25, 0.3) is 22.2 Å². The van der Waals surface area contributed by atoms with E-state index in [1.165, 1.54) is 4.90 Å². The van der Waals surface area contributed by atoms with Crippen LogP contribution in [-0.4, -0.2) is 78.7 Å². The van der Waals surface area contributed by atoms with Crippen molar-refractivity contribution in [1.29, 1.82) is 0 Å². The van der Waals surface area contributed by atoms with E-state index >= 15 is 0 Å². The number of sulfonamides is 1. The molecule has 1 unspecified atom stereocenters. The van der Waals surface area contributed by atoms with Crippen LogP contribution >= 0.6 is 24.8 Å². The highest BCUT2D eigenvalue weighted by atomic mass is 35.5. The number of benzene rings is 2. The van der Waals surface area contributed by atoms with Crippen LogP contribution in [0.4, 0.5) is 0 Å². The lowest BCUT2D eigenvalue weighted by molar-refractivity contribution is -0.140. The number of ether oxygens (including phenoxy) is 2. The summed E-state index contributed by atoms with van der Waals surface area (Å²) in [6.07, 6.45) is 5.52. The molecular formula is C36H45Cl2N5O7S. The van der Waals surface area contributed by atoms with Gasteiger partial charge in [-0.3, -0.25) is 19.1 Å². The summed E-state index contributed by atoms with van der Waals surface area (Å²) in [4.78, 5) is 47.9. The smallest absolute Gasteiger partial charge is 0.259 e. The van der Waals surface area contributed by atoms with Crippen molar-refractivity contribution in [2.24, 2.45) is 11.7 Å². The molecule has 0 radical (unpaired) electrons. The minimum absolute atomic E-state index is 0. The van der Waals surface area contributed by atoms with Gasteiger partial charge in [0.2, 0.25) is 21.8 Å². The van der Waals surface area contributed by atoms with Gasteiger partial charge < -0.3 is 25.4 Å². The van der Waals surface area contributed by atoms with Gasteiger partial charge in [-0.2, -0.15) is 0 Å². The SMILES string of the molecule is COc1ccc2c(O[C@@H]3C[C@H]4C(=O)N[C@]5(C(=O)NS(=O)(=O)C6CC6)CC5CCCCCC[C@H](N)C(=O)N4C3)cc(-c3ccccc3)nc2c1.Cl.Cl. The van der Waals surface area contributed by atoms with Crippen LogP contribution in [0.3, 0.4) is 0 Å². The minimum Gasteiger partial charge on any atom is -0.497 e. The fourth-order valence-electron chi connectivity index (χ4n) is 7.31. The highest BCUT2D eigenvalue weighted by Crippen LogP contribution is 2.48. The predicted octanol–water partition coefficient (Wildman–Crippen LogP) is 4.27. The third-order valence-corrected chi connectivity index (χ3v) is 12.2. The highest BCUT2D eigenvalue weighted by molar-refractivity contribution is 7.91. The summed E-state index contributed by atoms with van der Waals surface area (Å²) in [5.41, 5.74) is 7.32. The summed E-state index contributed by atoms with van der Waals surface area (Å²) in [6.45, 7) is 0.115. The number of fused-ring (bicyclic) bond motifs is 3. The molecular weight excluding hydrogens is 717 g/mol. The number of nitrogens with one attached hydrogen (secondary N) is 2. The summed E-state index contributed by atoms with van der Waals surface area (Å²) in [5.74, 6) is -0.560. The molecule has 2 aromatic carbocycles. The van der Waals surface area contributed by atoms with Crippen LogP contribution in [0.1, 0.15) is 64.2 Å². The van der Waals surface area contributed by atoms with E-state index in [0.717, 1.165) is 36.6 Å². The molecule has 51 heavy (non-hydrogen) atoms. The fourth-order valence-corrected chi connectivity index (χ4v) is 8.67. The number of carbonyl (C=O) groups is 3. The fraction of sp³-hybridized carbons (Fsp3) is 0.500. The van der Waals surface area contributed by atoms with Crippen molar-refractivity contribution in [3.05, 3.63) is 54.6 Å². The molecule has 0 bridgehead atoms. The molecule has 15 heteroatoms. The summed E-state index contributed by atoms with van der Waals surface area (Å²) < 4.78 is 39.8. The van der Waals surface area contributed by atoms with Crippen molar-refractivity contribution >= 4 is 63.5 Å². The summed E-state index contributed by atoms with van der Waals surface area (Å²) >= 11 is 0. The first-order valence-corrected chi connectivity index (χ1v) is 18.8. The lowest BCUT2D eigenvalue weighted by Gasteiger charge is -2.28. The normalized spacial score (nSPS) is 26.7. The third kappa shape index (κ3) is 8.06. The number of pyridine rings is 1. The minimum atomic E-state index is -3.81. The molecule has 1 aromatic heterocycles. The molecule has 3 aromatic rings. The summed E-state index contributed by atoms with van der Waals surface area (Å²) in [7, 11) is -2.22. The Hall–Kier alpha value is -3.65. The van der Waals surface area contributed by atoms with Gasteiger partial charge >= 0.3 is 0 Å². The number of aromatic nitrogens is 1. The van der Waals surface area contributed by atoms with E-state index in [0.29, 0.717) is 54.8 Å². The Morgan fingerprint density at radius 1 is 1.00 bits per heavy atom. The molecule has 2 aliphatic heterocycles. The quantitative estimate of drug-likeness (QED) is 0.318. The number of nitrogens with zero attached hydrogens (tertiary/aromatic N) is 2. The Balaban J connectivity index is 0.00000252. The van der Waals surface area contributed by atoms with E-state index in [-0.39, 0.29) is 49.6 Å². The average Bonchev–Trinajstić information content (AvgIpc) is 4.02. The molecule has 4 N–H and O–H groups in total. The number of rotatable bonds is 7. The molecule has 4 aliphatic rings. The Morgan fingerprint density at radius 3 is 2.43 bits per heavy atom. The molecule has 0 spiro atoms. The van der Waals surface area contributed by atoms with Crippen LogP contribution < -0.4 is 25.2 Å². The third-order valence-electron chi connectivity index (χ3n) is 10.4. The van der Waals surface area contributed by atoms with Crippen LogP contribution in [-0.2, 0) is 24.4 Å². The van der Waals surface area contributed by atoms with Crippen molar-refractivity contribution in [2.45, 2.75) is 93.2 Å². The molecule has 2 aliphatic carbocycles. The Morgan fingerprint density at radius 2 is 1.73 bits per heavy atom. The number of amides is 3. The predicted molar refractivity (Wildman–Crippen MR) is 198 cm³/mol. The second kappa shape index (κ2) is 15.5. The number of hydrogen-bond donors (Lipinski definition) is 3. The van der Waals surface area contributed by atoms with Crippen LogP contribution in [0, 0.1) is 5.92 Å². The molecule has 3 heterocycles. The number of halogens is 2. The second-order valence-electron chi connectivity index (χ2n) is 13.9. The molecule has 2 saturated carbocycles. The molecule has 2 saturated heterocycles. The van der Waals surface area contributed by atoms with Crippen LogP contribution in [0.2, 0.25) is 0 Å². The monoisotopic (exact) mass is 761 g/mol. The zero-order valence-electron chi connectivity index (χ0n) is 28.4. The average molecular weight is 763 g/mol. The van der Waals surface area contributed by atoms with E-state index in [2.05, 4.69) is 10.0 Å². The number of hydrogen-bond acceptors (Lipinski definition) is 9. The molecule has 3 amide bonds. The zero-order valence-corrected chi connectivity index (χ0v) is 30.9. The van der Waals surface area contributed by atoms with Crippen molar-refractivity contribution in [3.8, 4) is 22.8 Å². The lowest BCUT2D eigenvalue weighted by atomic mass is 10.0. The first-order valence-electron chi connectivity index (χ1n) is 17.2. The van der Waals surface area contributed by atoms with Gasteiger partial charge in [-0.25, -0.2) is 13.4 Å². The second-order valence-corrected chi connectivity index (χ2v) is 15.8.